The second kappa shape index (κ2) is 7.55. The van der Waals surface area contributed by atoms with Crippen LogP contribution in [0.15, 0.2) is 24.3 Å². The molecule has 2 unspecified atom stereocenters. The van der Waals surface area contributed by atoms with Crippen molar-refractivity contribution in [1.29, 1.82) is 0 Å². The number of carbonyl (C=O) groups excluding carboxylic acids is 1. The lowest BCUT2D eigenvalue weighted by Crippen LogP contribution is -2.47. The molecule has 1 saturated heterocycles. The maximum atomic E-state index is 12.9. The van der Waals surface area contributed by atoms with Crippen LogP contribution in [-0.2, 0) is 9.59 Å². The van der Waals surface area contributed by atoms with E-state index in [1.54, 1.807) is 0 Å². The Hall–Kier alpha value is -1.95. The maximum Gasteiger partial charge on any atom is 0.307 e. The van der Waals surface area contributed by atoms with E-state index in [1.165, 1.54) is 24.3 Å². The highest BCUT2D eigenvalue weighted by Crippen LogP contribution is 2.24. The van der Waals surface area contributed by atoms with Gasteiger partial charge >= 0.3 is 5.97 Å². The largest absolute Gasteiger partial charge is 0.481 e. The Kier molecular flexibility index (Phi) is 5.71. The Balaban J connectivity index is 2.04. The third-order valence-corrected chi connectivity index (χ3v) is 3.98. The van der Waals surface area contributed by atoms with Gasteiger partial charge in [-0.3, -0.25) is 9.59 Å². The third-order valence-electron chi connectivity index (χ3n) is 3.98. The first kappa shape index (κ1) is 17.4. The monoisotopic (exact) mass is 322 g/mol. The summed E-state index contributed by atoms with van der Waals surface area (Å²) in [6.07, 6.45) is 0.330. The fraction of sp³-hybridized carbons (Fsp3) is 0.529. The van der Waals surface area contributed by atoms with Crippen molar-refractivity contribution in [2.45, 2.75) is 20.3 Å². The van der Waals surface area contributed by atoms with Crippen molar-refractivity contribution in [2.24, 2.45) is 17.8 Å². The molecular weight excluding hydrogens is 299 g/mol. The number of nitrogens with one attached hydrogen (secondary N) is 1. The molecule has 0 spiro atoms. The SMILES string of the molecule is CC(C)CN1CC(C(=O)O)CC(C(=O)Nc2ccc(F)cc2)C1. The maximum absolute atomic E-state index is 12.9. The molecule has 0 saturated carbocycles. The topological polar surface area (TPSA) is 69.6 Å². The summed E-state index contributed by atoms with van der Waals surface area (Å²) in [6, 6.07) is 5.55. The first-order valence-corrected chi connectivity index (χ1v) is 7.86. The number of piperidine rings is 1. The zero-order valence-corrected chi connectivity index (χ0v) is 13.5. The molecule has 0 aromatic heterocycles. The van der Waals surface area contributed by atoms with Crippen LogP contribution in [0.4, 0.5) is 10.1 Å². The summed E-state index contributed by atoms with van der Waals surface area (Å²) in [5, 5.41) is 12.1. The fourth-order valence-electron chi connectivity index (χ4n) is 3.00. The Morgan fingerprint density at radius 1 is 1.26 bits per heavy atom. The zero-order valence-electron chi connectivity index (χ0n) is 13.5. The molecule has 1 aromatic rings. The van der Waals surface area contributed by atoms with Crippen LogP contribution in [0.1, 0.15) is 20.3 Å². The lowest BCUT2D eigenvalue weighted by atomic mass is 9.88. The second-order valence-electron chi connectivity index (χ2n) is 6.58. The van der Waals surface area contributed by atoms with Gasteiger partial charge in [-0.05, 0) is 36.6 Å². The minimum Gasteiger partial charge on any atom is -0.481 e. The van der Waals surface area contributed by atoms with E-state index in [-0.39, 0.29) is 17.6 Å². The number of halogens is 1. The van der Waals surface area contributed by atoms with Crippen molar-refractivity contribution < 1.29 is 19.1 Å². The number of rotatable bonds is 5. The molecule has 0 radical (unpaired) electrons. The Bertz CT molecular complexity index is 559. The van der Waals surface area contributed by atoms with Gasteiger partial charge in [0.1, 0.15) is 5.82 Å². The molecule has 0 bridgehead atoms. The van der Waals surface area contributed by atoms with Crippen LogP contribution >= 0.6 is 0 Å². The predicted molar refractivity (Wildman–Crippen MR) is 85.5 cm³/mol. The summed E-state index contributed by atoms with van der Waals surface area (Å²) in [7, 11) is 0. The van der Waals surface area contributed by atoms with Crippen LogP contribution in [0.25, 0.3) is 0 Å². The molecule has 6 heteroatoms. The van der Waals surface area contributed by atoms with Crippen molar-refractivity contribution in [3.63, 3.8) is 0 Å². The number of carbonyl (C=O) groups is 2. The number of aliphatic carboxylic acids is 1. The molecule has 2 N–H and O–H groups in total. The molecule has 1 amide bonds. The third kappa shape index (κ3) is 5.03. The smallest absolute Gasteiger partial charge is 0.307 e. The lowest BCUT2D eigenvalue weighted by molar-refractivity contribution is -0.145. The molecule has 2 atom stereocenters. The number of nitrogens with zero attached hydrogens (tertiary/aromatic N) is 1. The van der Waals surface area contributed by atoms with E-state index in [0.717, 1.165) is 6.54 Å². The van der Waals surface area contributed by atoms with Crippen molar-refractivity contribution in [2.75, 3.05) is 25.0 Å². The zero-order chi connectivity index (χ0) is 17.0. The normalized spacial score (nSPS) is 22.1. The van der Waals surface area contributed by atoms with E-state index < -0.39 is 11.9 Å². The number of anilines is 1. The van der Waals surface area contributed by atoms with Crippen LogP contribution in [0.3, 0.4) is 0 Å². The van der Waals surface area contributed by atoms with Gasteiger partial charge in [0.2, 0.25) is 5.91 Å². The highest BCUT2D eigenvalue weighted by atomic mass is 19.1. The van der Waals surface area contributed by atoms with Crippen molar-refractivity contribution >= 4 is 17.6 Å². The Morgan fingerprint density at radius 2 is 1.87 bits per heavy atom. The number of hydrogen-bond acceptors (Lipinski definition) is 3. The molecule has 1 aliphatic rings. The quantitative estimate of drug-likeness (QED) is 0.873. The molecule has 5 nitrogen and oxygen atoms in total. The molecule has 0 aliphatic carbocycles. The number of likely N-dealkylation sites (tertiary alicyclic amines) is 1. The van der Waals surface area contributed by atoms with Gasteiger partial charge in [0, 0.05) is 25.3 Å². The van der Waals surface area contributed by atoms with Gasteiger partial charge in [0.05, 0.1) is 11.8 Å². The van der Waals surface area contributed by atoms with Crippen LogP contribution in [0.2, 0.25) is 0 Å². The van der Waals surface area contributed by atoms with Gasteiger partial charge in [-0.2, -0.15) is 0 Å². The number of amides is 1. The van der Waals surface area contributed by atoms with E-state index in [4.69, 9.17) is 0 Å². The molecular formula is C17H23FN2O3. The summed E-state index contributed by atoms with van der Waals surface area (Å²) >= 11 is 0. The van der Waals surface area contributed by atoms with E-state index in [9.17, 15) is 19.1 Å². The highest BCUT2D eigenvalue weighted by Gasteiger charge is 2.35. The van der Waals surface area contributed by atoms with E-state index in [1.807, 2.05) is 4.90 Å². The standard InChI is InChI=1S/C17H23FN2O3/c1-11(2)8-20-9-12(7-13(10-20)17(22)23)16(21)19-15-5-3-14(18)4-6-15/h3-6,11-13H,7-10H2,1-2H3,(H,19,21)(H,22,23). The predicted octanol–water partition coefficient (Wildman–Crippen LogP) is 2.44. The van der Waals surface area contributed by atoms with E-state index in [0.29, 0.717) is 31.1 Å². The summed E-state index contributed by atoms with van der Waals surface area (Å²) in [5.74, 6) is -1.95. The second-order valence-corrected chi connectivity index (χ2v) is 6.58. The number of benzene rings is 1. The van der Waals surface area contributed by atoms with Crippen LogP contribution in [0.5, 0.6) is 0 Å². The molecule has 126 valence electrons. The number of carboxylic acid groups (broad SMARTS) is 1. The van der Waals surface area contributed by atoms with Gasteiger partial charge in [-0.25, -0.2) is 4.39 Å². The van der Waals surface area contributed by atoms with Crippen molar-refractivity contribution in [1.82, 2.24) is 4.90 Å². The van der Waals surface area contributed by atoms with Crippen LogP contribution in [0, 0.1) is 23.6 Å². The summed E-state index contributed by atoms with van der Waals surface area (Å²) in [5.41, 5.74) is 0.518. The molecule has 23 heavy (non-hydrogen) atoms. The minimum absolute atomic E-state index is 0.212. The van der Waals surface area contributed by atoms with Crippen LogP contribution in [-0.4, -0.2) is 41.5 Å². The molecule has 1 heterocycles. The van der Waals surface area contributed by atoms with Gasteiger partial charge in [-0.15, -0.1) is 0 Å². The molecule has 1 aromatic carbocycles. The molecule has 2 rings (SSSR count). The van der Waals surface area contributed by atoms with Gasteiger partial charge in [0.15, 0.2) is 0 Å². The minimum atomic E-state index is -0.863. The van der Waals surface area contributed by atoms with E-state index in [2.05, 4.69) is 19.2 Å². The Labute approximate surface area is 135 Å². The van der Waals surface area contributed by atoms with E-state index >= 15 is 0 Å². The number of hydrogen-bond donors (Lipinski definition) is 2. The van der Waals surface area contributed by atoms with Crippen molar-refractivity contribution in [3.05, 3.63) is 30.1 Å². The first-order valence-electron chi connectivity index (χ1n) is 7.86. The highest BCUT2D eigenvalue weighted by molar-refractivity contribution is 5.93. The average Bonchev–Trinajstić information content (AvgIpc) is 2.48. The van der Waals surface area contributed by atoms with Crippen molar-refractivity contribution in [3.8, 4) is 0 Å². The van der Waals surface area contributed by atoms with Crippen LogP contribution < -0.4 is 5.32 Å². The van der Waals surface area contributed by atoms with Gasteiger partial charge < -0.3 is 15.3 Å². The van der Waals surface area contributed by atoms with Gasteiger partial charge in [-0.1, -0.05) is 13.8 Å². The lowest BCUT2D eigenvalue weighted by Gasteiger charge is -2.36. The first-order chi connectivity index (χ1) is 10.8. The molecule has 1 aliphatic heterocycles. The summed E-state index contributed by atoms with van der Waals surface area (Å²) < 4.78 is 12.9. The molecule has 1 fully saturated rings. The van der Waals surface area contributed by atoms with Gasteiger partial charge in [0.25, 0.3) is 0 Å². The number of carboxylic acids is 1. The average molecular weight is 322 g/mol. The summed E-state index contributed by atoms with van der Waals surface area (Å²) in [6.45, 7) is 5.93. The fourth-order valence-corrected chi connectivity index (χ4v) is 3.00. The Morgan fingerprint density at radius 3 is 2.43 bits per heavy atom. The summed E-state index contributed by atoms with van der Waals surface area (Å²) in [4.78, 5) is 25.8.